The van der Waals surface area contributed by atoms with Crippen LogP contribution in [0.2, 0.25) is 0 Å². The molecule has 0 spiro atoms. The topological polar surface area (TPSA) is 40.5 Å². The van der Waals surface area contributed by atoms with Crippen molar-refractivity contribution in [1.82, 2.24) is 0 Å². The third kappa shape index (κ3) is 2.53. The van der Waals surface area contributed by atoms with Gasteiger partial charge in [-0.1, -0.05) is 0 Å². The molecule has 0 bridgehead atoms. The van der Waals surface area contributed by atoms with Crippen molar-refractivity contribution in [2.24, 2.45) is 0 Å². The van der Waals surface area contributed by atoms with E-state index in [1.165, 1.54) is 0 Å². The molecular formula is C4H9FO2. The molecule has 0 saturated heterocycles. The summed E-state index contributed by atoms with van der Waals surface area (Å²) in [7, 11) is 0. The lowest BCUT2D eigenvalue weighted by atomic mass is 10.2. The van der Waals surface area contributed by atoms with E-state index in [4.69, 9.17) is 10.2 Å². The van der Waals surface area contributed by atoms with Crippen molar-refractivity contribution in [3.8, 4) is 0 Å². The average molecular weight is 108 g/mol. The normalized spacial score (nSPS) is 12.9. The summed E-state index contributed by atoms with van der Waals surface area (Å²) in [5, 5.41) is 16.1. The summed E-state index contributed by atoms with van der Waals surface area (Å²) in [5.74, 6) is 0. The van der Waals surface area contributed by atoms with E-state index in [0.717, 1.165) is 13.8 Å². The van der Waals surface area contributed by atoms with Crippen LogP contribution in [-0.2, 0) is 0 Å². The van der Waals surface area contributed by atoms with Crippen LogP contribution in [0.3, 0.4) is 0 Å². The highest BCUT2D eigenvalue weighted by molar-refractivity contribution is 4.66. The highest BCUT2D eigenvalue weighted by Crippen LogP contribution is 2.10. The molecule has 0 rings (SSSR count). The minimum absolute atomic E-state index is 1.09. The molecule has 44 valence electrons. The summed E-state index contributed by atoms with van der Waals surface area (Å²) in [6.45, 7) is 2.19. The number of alkyl halides is 1. The van der Waals surface area contributed by atoms with Gasteiger partial charge >= 0.3 is 0 Å². The minimum atomic E-state index is -1.89. The van der Waals surface area contributed by atoms with Gasteiger partial charge in [0.15, 0.2) is 12.0 Å². The van der Waals surface area contributed by atoms with E-state index in [1.54, 1.807) is 0 Å². The van der Waals surface area contributed by atoms with Crippen molar-refractivity contribution in [2.75, 3.05) is 0 Å². The van der Waals surface area contributed by atoms with Gasteiger partial charge in [-0.3, -0.25) is 0 Å². The first-order valence-electron chi connectivity index (χ1n) is 1.99. The number of rotatable bonds is 1. The van der Waals surface area contributed by atoms with Gasteiger partial charge in [-0.15, -0.1) is 0 Å². The minimum Gasteiger partial charge on any atom is -0.366 e. The maximum Gasteiger partial charge on any atom is 0.185 e. The van der Waals surface area contributed by atoms with Crippen LogP contribution in [-0.4, -0.2) is 22.2 Å². The first-order chi connectivity index (χ1) is 2.94. The summed E-state index contributed by atoms with van der Waals surface area (Å²) in [5.41, 5.74) is -1.89. The second-order valence-corrected chi connectivity index (χ2v) is 1.94. The largest absolute Gasteiger partial charge is 0.366 e. The van der Waals surface area contributed by atoms with Crippen molar-refractivity contribution in [1.29, 1.82) is 0 Å². The van der Waals surface area contributed by atoms with Crippen LogP contribution in [0.4, 0.5) is 4.39 Å². The van der Waals surface area contributed by atoms with Crippen molar-refractivity contribution >= 4 is 0 Å². The lowest BCUT2D eigenvalue weighted by Crippen LogP contribution is -2.30. The zero-order valence-electron chi connectivity index (χ0n) is 4.35. The fourth-order valence-electron chi connectivity index (χ4n) is 0. The Balaban J connectivity index is 3.54. The quantitative estimate of drug-likeness (QED) is 0.466. The molecule has 0 aliphatic heterocycles. The molecule has 3 heteroatoms. The third-order valence-corrected chi connectivity index (χ3v) is 0.614. The smallest absolute Gasteiger partial charge is 0.185 e. The Morgan fingerprint density at radius 2 is 1.57 bits per heavy atom. The van der Waals surface area contributed by atoms with Crippen LogP contribution in [0.5, 0.6) is 0 Å². The maximum atomic E-state index is 12.0. The molecule has 0 amide bonds. The summed E-state index contributed by atoms with van der Waals surface area (Å²) in [4.78, 5) is 0. The highest BCUT2D eigenvalue weighted by Gasteiger charge is 2.23. The maximum absolute atomic E-state index is 12.0. The standard InChI is InChI=1S/C4H9FO2/c1-4(2,5)3(6)7/h3,6-7H,1-2H3. The van der Waals surface area contributed by atoms with Gasteiger partial charge in [0.1, 0.15) is 0 Å². The van der Waals surface area contributed by atoms with Gasteiger partial charge in [-0.2, -0.15) is 0 Å². The monoisotopic (exact) mass is 108 g/mol. The molecular weight excluding hydrogens is 99.0 g/mol. The molecule has 0 fully saturated rings. The van der Waals surface area contributed by atoms with E-state index in [9.17, 15) is 4.39 Å². The predicted molar refractivity (Wildman–Crippen MR) is 23.4 cm³/mol. The van der Waals surface area contributed by atoms with E-state index < -0.39 is 12.0 Å². The molecule has 0 radical (unpaired) electrons. The van der Waals surface area contributed by atoms with E-state index in [0.29, 0.717) is 0 Å². The first kappa shape index (κ1) is 6.85. The van der Waals surface area contributed by atoms with Crippen molar-refractivity contribution in [3.05, 3.63) is 0 Å². The van der Waals surface area contributed by atoms with Gasteiger partial charge in [0.2, 0.25) is 0 Å². The second kappa shape index (κ2) is 1.76. The molecule has 0 aromatic heterocycles. The van der Waals surface area contributed by atoms with Crippen molar-refractivity contribution in [3.63, 3.8) is 0 Å². The Morgan fingerprint density at radius 3 is 1.57 bits per heavy atom. The number of aliphatic hydroxyl groups excluding tert-OH is 1. The van der Waals surface area contributed by atoms with Crippen LogP contribution in [0.15, 0.2) is 0 Å². The molecule has 0 aromatic carbocycles. The Morgan fingerprint density at radius 1 is 1.43 bits per heavy atom. The van der Waals surface area contributed by atoms with Gasteiger partial charge in [0, 0.05) is 0 Å². The Hall–Kier alpha value is -0.150. The van der Waals surface area contributed by atoms with Crippen LogP contribution < -0.4 is 0 Å². The summed E-state index contributed by atoms with van der Waals surface area (Å²) in [6.07, 6.45) is -1.87. The second-order valence-electron chi connectivity index (χ2n) is 1.94. The van der Waals surface area contributed by atoms with Gasteiger partial charge < -0.3 is 10.2 Å². The zero-order valence-corrected chi connectivity index (χ0v) is 4.35. The SMILES string of the molecule is CC(C)(F)C(O)O. The van der Waals surface area contributed by atoms with Crippen LogP contribution in [0.25, 0.3) is 0 Å². The molecule has 0 heterocycles. The molecule has 0 aliphatic rings. The zero-order chi connectivity index (χ0) is 6.08. The molecule has 0 unspecified atom stereocenters. The van der Waals surface area contributed by atoms with Crippen LogP contribution in [0, 0.1) is 0 Å². The predicted octanol–water partition coefficient (Wildman–Crippen LogP) is 0.0452. The summed E-state index contributed by atoms with van der Waals surface area (Å²) in [6, 6.07) is 0. The van der Waals surface area contributed by atoms with Crippen molar-refractivity contribution in [2.45, 2.75) is 25.8 Å². The Labute approximate surface area is 41.6 Å². The Kier molecular flexibility index (Phi) is 1.72. The fourth-order valence-corrected chi connectivity index (χ4v) is 0. The van der Waals surface area contributed by atoms with Crippen LogP contribution in [0.1, 0.15) is 13.8 Å². The van der Waals surface area contributed by atoms with Gasteiger partial charge in [0.05, 0.1) is 0 Å². The molecule has 7 heavy (non-hydrogen) atoms. The van der Waals surface area contributed by atoms with Crippen LogP contribution >= 0.6 is 0 Å². The highest BCUT2D eigenvalue weighted by atomic mass is 19.1. The first-order valence-corrected chi connectivity index (χ1v) is 1.99. The number of aliphatic hydroxyl groups is 2. The number of hydrogen-bond donors (Lipinski definition) is 2. The lowest BCUT2D eigenvalue weighted by molar-refractivity contribution is -0.131. The summed E-state index contributed by atoms with van der Waals surface area (Å²) >= 11 is 0. The van der Waals surface area contributed by atoms with Gasteiger partial charge in [-0.05, 0) is 13.8 Å². The molecule has 2 nitrogen and oxygen atoms in total. The van der Waals surface area contributed by atoms with E-state index >= 15 is 0 Å². The number of halogens is 1. The molecule has 0 aliphatic carbocycles. The molecule has 0 aromatic rings. The van der Waals surface area contributed by atoms with E-state index in [2.05, 4.69) is 0 Å². The molecule has 2 N–H and O–H groups in total. The average Bonchev–Trinajstić information content (AvgIpc) is 1.31. The Bertz CT molecular complexity index is 55.2. The summed E-state index contributed by atoms with van der Waals surface area (Å²) < 4.78 is 12.0. The van der Waals surface area contributed by atoms with Gasteiger partial charge in [-0.25, -0.2) is 4.39 Å². The fraction of sp³-hybridized carbons (Fsp3) is 1.00. The van der Waals surface area contributed by atoms with E-state index in [-0.39, 0.29) is 0 Å². The van der Waals surface area contributed by atoms with Gasteiger partial charge in [0.25, 0.3) is 0 Å². The molecule has 0 saturated carbocycles. The van der Waals surface area contributed by atoms with Crippen molar-refractivity contribution < 1.29 is 14.6 Å². The lowest BCUT2D eigenvalue weighted by Gasteiger charge is -2.14. The molecule has 0 atom stereocenters. The van der Waals surface area contributed by atoms with E-state index in [1.807, 2.05) is 0 Å². The number of hydrogen-bond acceptors (Lipinski definition) is 2. The third-order valence-electron chi connectivity index (χ3n) is 0.614.